The molecule has 1 aromatic heterocycles. The van der Waals surface area contributed by atoms with Gasteiger partial charge in [0.25, 0.3) is 11.8 Å². The van der Waals surface area contributed by atoms with Crippen LogP contribution in [-0.2, 0) is 35.2 Å². The summed E-state index contributed by atoms with van der Waals surface area (Å²) in [7, 11) is 0. The van der Waals surface area contributed by atoms with Crippen LogP contribution in [0.2, 0.25) is 0 Å². The molecule has 5 amide bonds. The van der Waals surface area contributed by atoms with Gasteiger partial charge in [0, 0.05) is 31.3 Å². The molecule has 1 unspecified atom stereocenters. The van der Waals surface area contributed by atoms with E-state index in [2.05, 4.69) is 37.8 Å². The fourth-order valence-corrected chi connectivity index (χ4v) is 6.00. The molecule has 0 radical (unpaired) electrons. The van der Waals surface area contributed by atoms with Crippen molar-refractivity contribution in [3.05, 3.63) is 72.8 Å². The zero-order valence-electron chi connectivity index (χ0n) is 30.2. The van der Waals surface area contributed by atoms with Gasteiger partial charge in [0.1, 0.15) is 29.9 Å². The van der Waals surface area contributed by atoms with Gasteiger partial charge < -0.3 is 31.3 Å². The SMILES string of the molecule is C=C[C@H]1CCN(C(=O)[C@@H](NC(=O)[C@@H](NC(=O)c2cnccn2)C(C)C)C(C)C)[C@@H]1C(=O)NC(CCC)C(=O)C(=O)N[C@@H](Cc1ccccc1)C(=O)O. The Morgan fingerprint density at radius 3 is 2.15 bits per heavy atom. The fraction of sp³-hybridized carbons (Fsp3) is 0.486. The van der Waals surface area contributed by atoms with E-state index >= 15 is 0 Å². The number of carbonyl (C=O) groups excluding carboxylic acids is 6. The van der Waals surface area contributed by atoms with E-state index < -0.39 is 83.3 Å². The molecule has 5 N–H and O–H groups in total. The van der Waals surface area contributed by atoms with Crippen molar-refractivity contribution >= 4 is 41.3 Å². The van der Waals surface area contributed by atoms with E-state index in [0.717, 1.165) is 0 Å². The van der Waals surface area contributed by atoms with Crippen molar-refractivity contribution in [1.29, 1.82) is 0 Å². The third kappa shape index (κ3) is 10.8. The Morgan fingerprint density at radius 1 is 0.923 bits per heavy atom. The summed E-state index contributed by atoms with van der Waals surface area (Å²) in [4.78, 5) is 102. The largest absolute Gasteiger partial charge is 0.480 e. The average molecular weight is 720 g/mol. The lowest BCUT2D eigenvalue weighted by Gasteiger charge is -2.33. The fourth-order valence-electron chi connectivity index (χ4n) is 6.00. The number of hydrogen-bond acceptors (Lipinski definition) is 9. The number of hydrogen-bond donors (Lipinski definition) is 5. The van der Waals surface area contributed by atoms with E-state index in [1.54, 1.807) is 71.0 Å². The lowest BCUT2D eigenvalue weighted by Crippen LogP contribution is -2.60. The van der Waals surface area contributed by atoms with E-state index in [1.165, 1.54) is 23.5 Å². The van der Waals surface area contributed by atoms with Crippen molar-refractivity contribution in [2.75, 3.05) is 6.54 Å². The van der Waals surface area contributed by atoms with Crippen LogP contribution in [0.15, 0.2) is 61.6 Å². The number of carboxylic acids is 1. The maximum absolute atomic E-state index is 14.1. The van der Waals surface area contributed by atoms with Gasteiger partial charge in [-0.2, -0.15) is 0 Å². The molecule has 15 nitrogen and oxygen atoms in total. The van der Waals surface area contributed by atoms with Crippen LogP contribution in [0.1, 0.15) is 69.9 Å². The maximum Gasteiger partial charge on any atom is 0.326 e. The first kappa shape index (κ1) is 41.0. The molecule has 52 heavy (non-hydrogen) atoms. The lowest BCUT2D eigenvalue weighted by atomic mass is 9.96. The molecule has 15 heteroatoms. The molecule has 1 fully saturated rings. The smallest absolute Gasteiger partial charge is 0.326 e. The first-order valence-corrected chi connectivity index (χ1v) is 17.4. The second-order valence-corrected chi connectivity index (χ2v) is 13.4. The molecule has 0 saturated carbocycles. The number of benzene rings is 1. The normalized spacial score (nSPS) is 17.7. The minimum absolute atomic E-state index is 0.0186. The van der Waals surface area contributed by atoms with Gasteiger partial charge in [0.05, 0.1) is 12.2 Å². The lowest BCUT2D eigenvalue weighted by molar-refractivity contribution is -0.146. The highest BCUT2D eigenvalue weighted by molar-refractivity contribution is 6.38. The standard InChI is InChI=1S/C37H49N7O8/c1-7-12-25(31(45)35(49)41-26(37(51)52)19-23-13-10-9-11-14-23)40-34(48)30-24(8-2)15-18-44(30)36(50)29(22(5)6)43-33(47)28(21(3)4)42-32(46)27-20-38-16-17-39-27/h8-11,13-14,16-17,20-22,24-26,28-30H,2,7,12,15,18-19H2,1,3-6H3,(H,40,48)(H,41,49)(H,42,46)(H,43,47)(H,51,52)/t24-,25?,26-,28-,29-,30-/m0/s1. The van der Waals surface area contributed by atoms with Gasteiger partial charge in [-0.1, -0.05) is 77.4 Å². The van der Waals surface area contributed by atoms with E-state index in [-0.39, 0.29) is 31.0 Å². The summed E-state index contributed by atoms with van der Waals surface area (Å²) in [6.07, 6.45) is 6.37. The number of likely N-dealkylation sites (tertiary alicyclic amines) is 1. The van der Waals surface area contributed by atoms with Gasteiger partial charge in [-0.05, 0) is 30.2 Å². The molecule has 6 atom stereocenters. The number of aliphatic carboxylic acids is 1. The van der Waals surface area contributed by atoms with Crippen LogP contribution in [0.5, 0.6) is 0 Å². The molecule has 1 aliphatic heterocycles. The van der Waals surface area contributed by atoms with E-state index in [4.69, 9.17) is 0 Å². The van der Waals surface area contributed by atoms with E-state index in [1.807, 2.05) is 0 Å². The number of aromatic nitrogens is 2. The van der Waals surface area contributed by atoms with Crippen molar-refractivity contribution in [3.8, 4) is 0 Å². The van der Waals surface area contributed by atoms with Crippen molar-refractivity contribution in [3.63, 3.8) is 0 Å². The first-order chi connectivity index (χ1) is 24.7. The third-order valence-electron chi connectivity index (χ3n) is 8.88. The quantitative estimate of drug-likeness (QED) is 0.110. The van der Waals surface area contributed by atoms with Gasteiger partial charge in [-0.15, -0.1) is 6.58 Å². The molecule has 2 heterocycles. The minimum Gasteiger partial charge on any atom is -0.480 e. The number of carbonyl (C=O) groups is 7. The van der Waals surface area contributed by atoms with Crippen molar-refractivity contribution in [2.45, 2.75) is 90.5 Å². The predicted molar refractivity (Wildman–Crippen MR) is 190 cm³/mol. The van der Waals surface area contributed by atoms with Crippen LogP contribution in [0.3, 0.4) is 0 Å². The molecule has 0 spiro atoms. The summed E-state index contributed by atoms with van der Waals surface area (Å²) in [5.41, 5.74) is 0.662. The monoisotopic (exact) mass is 719 g/mol. The van der Waals surface area contributed by atoms with Crippen LogP contribution in [0.4, 0.5) is 0 Å². The molecular weight excluding hydrogens is 670 g/mol. The van der Waals surface area contributed by atoms with Gasteiger partial charge >= 0.3 is 5.97 Å². The molecule has 3 rings (SSSR count). The number of amides is 5. The van der Waals surface area contributed by atoms with Crippen LogP contribution >= 0.6 is 0 Å². The van der Waals surface area contributed by atoms with Crippen LogP contribution in [0.25, 0.3) is 0 Å². The summed E-state index contributed by atoms with van der Waals surface area (Å²) in [6.45, 7) is 12.7. The summed E-state index contributed by atoms with van der Waals surface area (Å²) >= 11 is 0. The van der Waals surface area contributed by atoms with Crippen molar-refractivity contribution in [1.82, 2.24) is 36.1 Å². The predicted octanol–water partition coefficient (Wildman–Crippen LogP) is 1.44. The Balaban J connectivity index is 1.77. The molecule has 0 aliphatic carbocycles. The molecule has 1 saturated heterocycles. The summed E-state index contributed by atoms with van der Waals surface area (Å²) in [5, 5.41) is 20.1. The van der Waals surface area contributed by atoms with E-state index in [9.17, 15) is 38.7 Å². The third-order valence-corrected chi connectivity index (χ3v) is 8.88. The number of nitrogens with zero attached hydrogens (tertiary/aromatic N) is 3. The number of ketones is 1. The topological polar surface area (TPSA) is 217 Å². The zero-order chi connectivity index (χ0) is 38.5. The van der Waals surface area contributed by atoms with Crippen molar-refractivity contribution < 1.29 is 38.7 Å². The van der Waals surface area contributed by atoms with E-state index in [0.29, 0.717) is 18.4 Å². The van der Waals surface area contributed by atoms with Gasteiger partial charge in [-0.3, -0.25) is 33.8 Å². The molecule has 2 aromatic rings. The van der Waals surface area contributed by atoms with Crippen LogP contribution in [0, 0.1) is 17.8 Å². The zero-order valence-corrected chi connectivity index (χ0v) is 30.2. The molecule has 280 valence electrons. The number of nitrogens with one attached hydrogen (secondary N) is 4. The highest BCUT2D eigenvalue weighted by Crippen LogP contribution is 2.28. The first-order valence-electron chi connectivity index (χ1n) is 17.4. The Labute approximate surface area is 303 Å². The minimum atomic E-state index is -1.39. The van der Waals surface area contributed by atoms with Crippen LogP contribution < -0.4 is 21.3 Å². The Bertz CT molecular complexity index is 1600. The average Bonchev–Trinajstić information content (AvgIpc) is 3.56. The summed E-state index contributed by atoms with van der Waals surface area (Å²) in [5.74, 6) is -7.26. The Morgan fingerprint density at radius 2 is 1.60 bits per heavy atom. The van der Waals surface area contributed by atoms with Crippen molar-refractivity contribution in [2.24, 2.45) is 17.8 Å². The summed E-state index contributed by atoms with van der Waals surface area (Å²) in [6, 6.07) is 2.72. The van der Waals surface area contributed by atoms with Gasteiger partial charge in [0.2, 0.25) is 23.5 Å². The molecule has 1 aliphatic rings. The molecule has 1 aromatic carbocycles. The van der Waals surface area contributed by atoms with Gasteiger partial charge in [0.15, 0.2) is 0 Å². The Hall–Kier alpha value is -5.47. The second kappa shape index (κ2) is 19.2. The highest BCUT2D eigenvalue weighted by Gasteiger charge is 2.45. The van der Waals surface area contributed by atoms with Crippen LogP contribution in [-0.4, -0.2) is 98.0 Å². The maximum atomic E-state index is 14.1. The summed E-state index contributed by atoms with van der Waals surface area (Å²) < 4.78 is 0. The Kier molecular flexibility index (Phi) is 15.1. The number of carboxylic acid groups (broad SMARTS) is 1. The highest BCUT2D eigenvalue weighted by atomic mass is 16.4. The van der Waals surface area contributed by atoms with Gasteiger partial charge in [-0.25, -0.2) is 9.78 Å². The molecular formula is C37H49N7O8. The number of Topliss-reactive ketones (excluding diaryl/α,β-unsaturated/α-hetero) is 1. The molecule has 0 bridgehead atoms. The number of rotatable bonds is 18. The second-order valence-electron chi connectivity index (χ2n) is 13.4.